The van der Waals surface area contributed by atoms with E-state index in [9.17, 15) is 22.4 Å². The van der Waals surface area contributed by atoms with Crippen LogP contribution in [0.2, 0.25) is 0 Å². The largest absolute Gasteiger partial charge is 0.299 e. The van der Waals surface area contributed by atoms with Crippen LogP contribution in [0.5, 0.6) is 0 Å². The van der Waals surface area contributed by atoms with Crippen LogP contribution in [0, 0.1) is 5.82 Å². The minimum absolute atomic E-state index is 0.0629. The maximum Gasteiger partial charge on any atom is 0.252 e. The Kier molecular flexibility index (Phi) is 7.76. The molecule has 5 rings (SSSR count). The minimum atomic E-state index is -4.11. The van der Waals surface area contributed by atoms with Crippen molar-refractivity contribution in [2.75, 3.05) is 18.0 Å². The van der Waals surface area contributed by atoms with Gasteiger partial charge in [-0.3, -0.25) is 14.5 Å². The smallest absolute Gasteiger partial charge is 0.252 e. The molecule has 2 aliphatic heterocycles. The highest BCUT2D eigenvalue weighted by atomic mass is 79.9. The lowest BCUT2D eigenvalue weighted by molar-refractivity contribution is -0.122. The molecular weight excluding hydrogens is 573 g/mol. The van der Waals surface area contributed by atoms with Crippen LogP contribution in [0.15, 0.2) is 88.2 Å². The van der Waals surface area contributed by atoms with E-state index in [1.807, 2.05) is 18.2 Å². The Morgan fingerprint density at radius 1 is 0.895 bits per heavy atom. The van der Waals surface area contributed by atoms with Gasteiger partial charge in [-0.25, -0.2) is 17.7 Å². The molecule has 2 saturated heterocycles. The van der Waals surface area contributed by atoms with Crippen LogP contribution in [0.1, 0.15) is 24.8 Å². The van der Waals surface area contributed by atoms with Crippen molar-refractivity contribution < 1.29 is 22.4 Å². The first-order valence-corrected chi connectivity index (χ1v) is 14.6. The number of piperidine rings is 1. The van der Waals surface area contributed by atoms with Crippen molar-refractivity contribution in [2.24, 2.45) is 0 Å². The first-order valence-electron chi connectivity index (χ1n) is 12.4. The van der Waals surface area contributed by atoms with Crippen LogP contribution < -0.4 is 4.90 Å². The first kappa shape index (κ1) is 26.7. The summed E-state index contributed by atoms with van der Waals surface area (Å²) in [5, 5.41) is 0. The summed E-state index contributed by atoms with van der Waals surface area (Å²) in [5.41, 5.74) is 1.40. The van der Waals surface area contributed by atoms with E-state index in [0.29, 0.717) is 25.9 Å². The highest BCUT2D eigenvalue weighted by molar-refractivity contribution is 9.10. The van der Waals surface area contributed by atoms with Gasteiger partial charge < -0.3 is 0 Å². The monoisotopic (exact) mass is 599 g/mol. The first-order chi connectivity index (χ1) is 18.2. The van der Waals surface area contributed by atoms with Crippen LogP contribution in [-0.4, -0.2) is 54.6 Å². The molecule has 7 nitrogen and oxygen atoms in total. The fraction of sp³-hybridized carbons (Fsp3) is 0.286. The summed E-state index contributed by atoms with van der Waals surface area (Å²) >= 11 is 3.34. The number of carbonyl (C=O) groups excluding carboxylic acids is 2. The summed E-state index contributed by atoms with van der Waals surface area (Å²) < 4.78 is 43.5. The van der Waals surface area contributed by atoms with Gasteiger partial charge in [-0.05, 0) is 66.9 Å². The van der Waals surface area contributed by atoms with Gasteiger partial charge in [0, 0.05) is 30.1 Å². The Hall–Kier alpha value is -2.92. The zero-order valence-corrected chi connectivity index (χ0v) is 22.9. The van der Waals surface area contributed by atoms with Gasteiger partial charge in [0.05, 0.1) is 17.0 Å². The number of hydrogen-bond acceptors (Lipinski definition) is 5. The van der Waals surface area contributed by atoms with Gasteiger partial charge in [0.1, 0.15) is 11.9 Å². The second kappa shape index (κ2) is 11.1. The quantitative estimate of drug-likeness (QED) is 0.372. The number of amides is 2. The van der Waals surface area contributed by atoms with E-state index in [4.69, 9.17) is 0 Å². The number of carbonyl (C=O) groups is 2. The molecule has 2 heterocycles. The maximum atomic E-state index is 14.0. The predicted molar refractivity (Wildman–Crippen MR) is 145 cm³/mol. The Morgan fingerprint density at radius 3 is 2.16 bits per heavy atom. The molecule has 1 unspecified atom stereocenters. The number of sulfonamides is 1. The number of nitrogens with zero attached hydrogens (tertiary/aromatic N) is 3. The van der Waals surface area contributed by atoms with E-state index in [2.05, 4.69) is 33.0 Å². The Morgan fingerprint density at radius 2 is 1.53 bits per heavy atom. The lowest BCUT2D eigenvalue weighted by atomic mass is 10.0. The van der Waals surface area contributed by atoms with Crippen LogP contribution in [0.3, 0.4) is 0 Å². The molecule has 2 aliphatic rings. The van der Waals surface area contributed by atoms with E-state index >= 15 is 0 Å². The van der Waals surface area contributed by atoms with Crippen molar-refractivity contribution in [3.05, 3.63) is 94.7 Å². The standard InChI is InChI=1S/C28H27BrFN3O4S/c29-21-6-12-25(13-7-21)38(36,37)33(24-14-16-31(17-15-24)19-20-4-2-1-3-5-20)26-18-27(34)32(28(26)35)23-10-8-22(30)9-11-23/h1-13,24,26H,14-19H2. The SMILES string of the molecule is O=C1CC(N(C2CCN(Cc3ccccc3)CC2)S(=O)(=O)c2ccc(Br)cc2)C(=O)N1c1ccc(F)cc1. The Bertz CT molecular complexity index is 1410. The topological polar surface area (TPSA) is 78.0 Å². The molecule has 0 bridgehead atoms. The average molecular weight is 601 g/mol. The van der Waals surface area contributed by atoms with Gasteiger partial charge in [0.2, 0.25) is 15.9 Å². The molecule has 3 aromatic rings. The lowest BCUT2D eigenvalue weighted by Crippen LogP contribution is -2.53. The zero-order valence-electron chi connectivity index (χ0n) is 20.5. The molecular formula is C28H27BrFN3O4S. The summed E-state index contributed by atoms with van der Waals surface area (Å²) in [7, 11) is -4.11. The van der Waals surface area contributed by atoms with Crippen molar-refractivity contribution in [1.29, 1.82) is 0 Å². The fourth-order valence-electron chi connectivity index (χ4n) is 5.20. The summed E-state index contributed by atoms with van der Waals surface area (Å²) in [5.74, 6) is -1.62. The summed E-state index contributed by atoms with van der Waals surface area (Å²) in [6.07, 6.45) is 0.782. The normalized spacial score (nSPS) is 19.4. The third kappa shape index (κ3) is 5.44. The molecule has 2 fully saturated rings. The molecule has 0 radical (unpaired) electrons. The number of hydrogen-bond donors (Lipinski definition) is 0. The fourth-order valence-corrected chi connectivity index (χ4v) is 7.29. The molecule has 0 aliphatic carbocycles. The van der Waals surface area contributed by atoms with Gasteiger partial charge in [0.15, 0.2) is 0 Å². The van der Waals surface area contributed by atoms with Crippen LogP contribution >= 0.6 is 15.9 Å². The molecule has 0 aromatic heterocycles. The van der Waals surface area contributed by atoms with Crippen LogP contribution in [0.25, 0.3) is 0 Å². The highest BCUT2D eigenvalue weighted by Crippen LogP contribution is 2.34. The molecule has 38 heavy (non-hydrogen) atoms. The van der Waals surface area contributed by atoms with Crippen LogP contribution in [0.4, 0.5) is 10.1 Å². The summed E-state index contributed by atoms with van der Waals surface area (Å²) in [4.78, 5) is 29.9. The van der Waals surface area contributed by atoms with E-state index in [-0.39, 0.29) is 17.0 Å². The molecule has 0 spiro atoms. The van der Waals surface area contributed by atoms with E-state index in [0.717, 1.165) is 15.9 Å². The van der Waals surface area contributed by atoms with E-state index < -0.39 is 39.7 Å². The molecule has 2 amide bonds. The van der Waals surface area contributed by atoms with E-state index in [1.165, 1.54) is 46.3 Å². The number of benzene rings is 3. The average Bonchev–Trinajstić information content (AvgIpc) is 3.19. The number of anilines is 1. The second-order valence-corrected chi connectivity index (χ2v) is 12.3. The molecule has 10 heteroatoms. The zero-order chi connectivity index (χ0) is 26.9. The Balaban J connectivity index is 1.43. The number of imide groups is 1. The van der Waals surface area contributed by atoms with Crippen molar-refractivity contribution in [2.45, 2.75) is 42.8 Å². The van der Waals surface area contributed by atoms with Crippen LogP contribution in [-0.2, 0) is 26.2 Å². The minimum Gasteiger partial charge on any atom is -0.299 e. The summed E-state index contributed by atoms with van der Waals surface area (Å²) in [6, 6.07) is 19.7. The summed E-state index contributed by atoms with van der Waals surface area (Å²) in [6.45, 7) is 2.07. The maximum absolute atomic E-state index is 14.0. The predicted octanol–water partition coefficient (Wildman–Crippen LogP) is 4.58. The molecule has 0 N–H and O–H groups in total. The van der Waals surface area contributed by atoms with Crippen molar-refractivity contribution >= 4 is 43.5 Å². The van der Waals surface area contributed by atoms with Crippen molar-refractivity contribution in [3.63, 3.8) is 0 Å². The second-order valence-electron chi connectivity index (χ2n) is 9.55. The number of likely N-dealkylation sites (tertiary alicyclic amines) is 1. The van der Waals surface area contributed by atoms with Crippen molar-refractivity contribution in [1.82, 2.24) is 9.21 Å². The van der Waals surface area contributed by atoms with Gasteiger partial charge in [-0.1, -0.05) is 46.3 Å². The molecule has 1 atom stereocenters. The number of halogens is 2. The molecule has 3 aromatic carbocycles. The molecule has 198 valence electrons. The van der Waals surface area contributed by atoms with Crippen molar-refractivity contribution in [3.8, 4) is 0 Å². The lowest BCUT2D eigenvalue weighted by Gasteiger charge is -2.39. The third-order valence-electron chi connectivity index (χ3n) is 7.07. The highest BCUT2D eigenvalue weighted by Gasteiger charge is 2.49. The molecule has 0 saturated carbocycles. The van der Waals surface area contributed by atoms with Gasteiger partial charge in [0.25, 0.3) is 5.91 Å². The number of rotatable bonds is 7. The third-order valence-corrected chi connectivity index (χ3v) is 9.57. The van der Waals surface area contributed by atoms with Gasteiger partial charge in [-0.2, -0.15) is 4.31 Å². The van der Waals surface area contributed by atoms with E-state index in [1.54, 1.807) is 12.1 Å². The Labute approximate surface area is 230 Å². The van der Waals surface area contributed by atoms with Gasteiger partial charge in [-0.15, -0.1) is 0 Å². The van der Waals surface area contributed by atoms with Gasteiger partial charge >= 0.3 is 0 Å².